The molecule has 8 heteroatoms. The molecular weight excluding hydrogens is 498 g/mol. The Hall–Kier alpha value is -3.20. The first kappa shape index (κ1) is 27.8. The summed E-state index contributed by atoms with van der Waals surface area (Å²) in [6.45, 7) is 8.36. The Morgan fingerprint density at radius 2 is 1.34 bits per heavy atom. The molecule has 1 heterocycles. The fraction of sp³-hybridized carbons (Fsp3) is 0.367. The van der Waals surface area contributed by atoms with Crippen LogP contribution in [-0.4, -0.2) is 62.4 Å². The first-order chi connectivity index (χ1) is 18.3. The second-order valence-electron chi connectivity index (χ2n) is 10.0. The van der Waals surface area contributed by atoms with Crippen LogP contribution in [0.1, 0.15) is 37.9 Å². The van der Waals surface area contributed by atoms with Gasteiger partial charge in [0.25, 0.3) is 5.91 Å². The van der Waals surface area contributed by atoms with Crippen molar-refractivity contribution in [2.75, 3.05) is 32.7 Å². The molecule has 0 aliphatic carbocycles. The fourth-order valence-corrected chi connectivity index (χ4v) is 6.05. The molecule has 202 valence electrons. The minimum absolute atomic E-state index is 0.0680. The van der Waals surface area contributed by atoms with Gasteiger partial charge in [0.2, 0.25) is 10.0 Å². The molecule has 1 aliphatic rings. The molecule has 3 aromatic carbocycles. The lowest BCUT2D eigenvalue weighted by atomic mass is 9.96. The van der Waals surface area contributed by atoms with Crippen LogP contribution in [0.2, 0.25) is 0 Å². The van der Waals surface area contributed by atoms with Crippen LogP contribution in [0.5, 0.6) is 5.75 Å². The first-order valence-electron chi connectivity index (χ1n) is 13.1. The zero-order valence-electron chi connectivity index (χ0n) is 22.3. The zero-order valence-corrected chi connectivity index (χ0v) is 23.1. The van der Waals surface area contributed by atoms with E-state index in [-0.39, 0.29) is 16.8 Å². The quantitative estimate of drug-likeness (QED) is 0.418. The van der Waals surface area contributed by atoms with Gasteiger partial charge in [-0.3, -0.25) is 9.69 Å². The van der Waals surface area contributed by atoms with Crippen molar-refractivity contribution in [3.63, 3.8) is 0 Å². The van der Waals surface area contributed by atoms with Gasteiger partial charge in [0.05, 0.1) is 10.9 Å². The molecule has 1 aliphatic heterocycles. The normalized spacial score (nSPS) is 15.9. The SMILES string of the molecule is CC(C)CNC(=O)[C@@H](C)Oc1ccc(S(=O)(=O)N2CCN(C(c3ccccc3)c3ccccc3)CC2)cc1. The molecule has 1 fully saturated rings. The van der Waals surface area contributed by atoms with Crippen molar-refractivity contribution in [2.45, 2.75) is 37.8 Å². The molecule has 0 bridgehead atoms. The molecule has 0 aromatic heterocycles. The number of amides is 1. The summed E-state index contributed by atoms with van der Waals surface area (Å²) < 4.78 is 34.1. The second kappa shape index (κ2) is 12.6. The number of benzene rings is 3. The number of piperazine rings is 1. The number of hydrogen-bond donors (Lipinski definition) is 1. The van der Waals surface area contributed by atoms with E-state index in [1.54, 1.807) is 35.5 Å². The average Bonchev–Trinajstić information content (AvgIpc) is 2.93. The van der Waals surface area contributed by atoms with Crippen molar-refractivity contribution in [3.8, 4) is 5.75 Å². The summed E-state index contributed by atoms with van der Waals surface area (Å²) >= 11 is 0. The van der Waals surface area contributed by atoms with Crippen LogP contribution in [0.3, 0.4) is 0 Å². The largest absolute Gasteiger partial charge is 0.481 e. The topological polar surface area (TPSA) is 78.9 Å². The van der Waals surface area contributed by atoms with E-state index in [0.29, 0.717) is 44.4 Å². The lowest BCUT2D eigenvalue weighted by Gasteiger charge is -2.39. The molecule has 38 heavy (non-hydrogen) atoms. The molecule has 0 spiro atoms. The highest BCUT2D eigenvalue weighted by atomic mass is 32.2. The highest BCUT2D eigenvalue weighted by Gasteiger charge is 2.32. The van der Waals surface area contributed by atoms with Crippen molar-refractivity contribution in [3.05, 3.63) is 96.1 Å². The number of sulfonamides is 1. The van der Waals surface area contributed by atoms with E-state index in [9.17, 15) is 13.2 Å². The van der Waals surface area contributed by atoms with Crippen molar-refractivity contribution < 1.29 is 17.9 Å². The monoisotopic (exact) mass is 535 g/mol. The summed E-state index contributed by atoms with van der Waals surface area (Å²) in [5.41, 5.74) is 2.38. The van der Waals surface area contributed by atoms with Gasteiger partial charge in [0.15, 0.2) is 6.10 Å². The summed E-state index contributed by atoms with van der Waals surface area (Å²) in [4.78, 5) is 14.8. The van der Waals surface area contributed by atoms with Crippen LogP contribution in [-0.2, 0) is 14.8 Å². The lowest BCUT2D eigenvalue weighted by molar-refractivity contribution is -0.127. The molecule has 4 rings (SSSR count). The Morgan fingerprint density at radius 1 is 0.816 bits per heavy atom. The minimum atomic E-state index is -3.65. The summed E-state index contributed by atoms with van der Waals surface area (Å²) in [6, 6.07) is 27.1. The number of carbonyl (C=O) groups is 1. The van der Waals surface area contributed by atoms with Crippen LogP contribution < -0.4 is 10.1 Å². The molecule has 0 saturated carbocycles. The van der Waals surface area contributed by atoms with Gasteiger partial charge in [-0.25, -0.2) is 8.42 Å². The van der Waals surface area contributed by atoms with Crippen molar-refractivity contribution in [1.82, 2.24) is 14.5 Å². The van der Waals surface area contributed by atoms with Crippen LogP contribution in [0, 0.1) is 5.92 Å². The van der Waals surface area contributed by atoms with E-state index in [1.807, 2.05) is 50.2 Å². The van der Waals surface area contributed by atoms with Gasteiger partial charge >= 0.3 is 0 Å². The third-order valence-corrected chi connectivity index (χ3v) is 8.61. The average molecular weight is 536 g/mol. The van der Waals surface area contributed by atoms with Gasteiger partial charge in [-0.1, -0.05) is 74.5 Å². The number of carbonyl (C=O) groups excluding carboxylic acids is 1. The van der Waals surface area contributed by atoms with Crippen molar-refractivity contribution in [1.29, 1.82) is 0 Å². The second-order valence-corrected chi connectivity index (χ2v) is 12.0. The van der Waals surface area contributed by atoms with Crippen LogP contribution >= 0.6 is 0 Å². The molecule has 0 radical (unpaired) electrons. The molecule has 0 unspecified atom stereocenters. The number of nitrogens with one attached hydrogen (secondary N) is 1. The van der Waals surface area contributed by atoms with E-state index in [4.69, 9.17) is 4.74 Å². The van der Waals surface area contributed by atoms with Gasteiger partial charge in [-0.15, -0.1) is 0 Å². The van der Waals surface area contributed by atoms with E-state index >= 15 is 0 Å². The summed E-state index contributed by atoms with van der Waals surface area (Å²) in [5, 5.41) is 2.84. The number of nitrogens with zero attached hydrogens (tertiary/aromatic N) is 2. The Kier molecular flexibility index (Phi) is 9.20. The lowest BCUT2D eigenvalue weighted by Crippen LogP contribution is -2.49. The van der Waals surface area contributed by atoms with Crippen molar-refractivity contribution in [2.24, 2.45) is 5.92 Å². The maximum Gasteiger partial charge on any atom is 0.260 e. The highest BCUT2D eigenvalue weighted by molar-refractivity contribution is 7.89. The molecule has 1 atom stereocenters. The van der Waals surface area contributed by atoms with Gasteiger partial charge in [0, 0.05) is 32.7 Å². The molecular formula is C30H37N3O4S. The molecule has 1 N–H and O–H groups in total. The molecule has 1 saturated heterocycles. The predicted octanol–water partition coefficient (Wildman–Crippen LogP) is 4.32. The van der Waals surface area contributed by atoms with E-state index in [1.165, 1.54) is 11.1 Å². The fourth-order valence-electron chi connectivity index (χ4n) is 4.63. The number of ether oxygens (including phenoxy) is 1. The van der Waals surface area contributed by atoms with Gasteiger partial charge in [0.1, 0.15) is 5.75 Å². The number of rotatable bonds is 10. The molecule has 3 aromatic rings. The maximum atomic E-state index is 13.4. The standard InChI is InChI=1S/C30H37N3O4S/c1-23(2)22-31-30(34)24(3)37-27-14-16-28(17-15-27)38(35,36)33-20-18-32(19-21-33)29(25-10-6-4-7-11-25)26-12-8-5-9-13-26/h4-17,23-24,29H,18-22H2,1-3H3,(H,31,34)/t24-/m1/s1. The van der Waals surface area contributed by atoms with Gasteiger partial charge in [-0.2, -0.15) is 4.31 Å². The smallest absolute Gasteiger partial charge is 0.260 e. The number of hydrogen-bond acceptors (Lipinski definition) is 5. The van der Waals surface area contributed by atoms with Gasteiger partial charge in [-0.05, 0) is 48.2 Å². The Morgan fingerprint density at radius 3 is 1.84 bits per heavy atom. The summed E-state index contributed by atoms with van der Waals surface area (Å²) in [5.74, 6) is 0.604. The van der Waals surface area contributed by atoms with Crippen molar-refractivity contribution >= 4 is 15.9 Å². The van der Waals surface area contributed by atoms with E-state index in [2.05, 4.69) is 34.5 Å². The first-order valence-corrected chi connectivity index (χ1v) is 14.6. The molecule has 1 amide bonds. The summed E-state index contributed by atoms with van der Waals surface area (Å²) in [7, 11) is -3.65. The van der Waals surface area contributed by atoms with Gasteiger partial charge < -0.3 is 10.1 Å². The van der Waals surface area contributed by atoms with Crippen LogP contribution in [0.4, 0.5) is 0 Å². The Labute approximate surface area is 226 Å². The summed E-state index contributed by atoms with van der Waals surface area (Å²) in [6.07, 6.45) is -0.675. The Bertz CT molecular complexity index is 1230. The van der Waals surface area contributed by atoms with Crippen LogP contribution in [0.15, 0.2) is 89.8 Å². The third-order valence-electron chi connectivity index (χ3n) is 6.70. The van der Waals surface area contributed by atoms with Crippen LogP contribution in [0.25, 0.3) is 0 Å². The highest BCUT2D eigenvalue weighted by Crippen LogP contribution is 2.30. The predicted molar refractivity (Wildman–Crippen MR) is 149 cm³/mol. The third kappa shape index (κ3) is 6.81. The maximum absolute atomic E-state index is 13.4. The van der Waals surface area contributed by atoms with E-state index < -0.39 is 16.1 Å². The van der Waals surface area contributed by atoms with E-state index in [0.717, 1.165) is 0 Å². The Balaban J connectivity index is 1.40. The molecule has 7 nitrogen and oxygen atoms in total. The zero-order chi connectivity index (χ0) is 27.1. The minimum Gasteiger partial charge on any atom is -0.481 e.